The van der Waals surface area contributed by atoms with Gasteiger partial charge in [-0.25, -0.2) is 0 Å². The topological polar surface area (TPSA) is 0 Å². The van der Waals surface area contributed by atoms with Gasteiger partial charge < -0.3 is 0 Å². The molecule has 2 unspecified atom stereocenters. The van der Waals surface area contributed by atoms with E-state index in [0.717, 1.165) is 21.8 Å². The van der Waals surface area contributed by atoms with E-state index in [-0.39, 0.29) is 0 Å². The van der Waals surface area contributed by atoms with Crippen LogP contribution in [-0.4, -0.2) is 0 Å². The third-order valence-corrected chi connectivity index (χ3v) is 8.49. The van der Waals surface area contributed by atoms with Gasteiger partial charge in [0.2, 0.25) is 0 Å². The largest absolute Gasteiger partial charge is 0.145 e. The molecule has 33 heavy (non-hydrogen) atoms. The molecule has 4 rings (SSSR count). The average molecular weight is 580 g/mol. The Hall–Kier alpha value is -1.81. The summed E-state index contributed by atoms with van der Waals surface area (Å²) in [6, 6.07) is 35.7. The van der Waals surface area contributed by atoms with Crippen molar-refractivity contribution in [3.8, 4) is 0 Å². The van der Waals surface area contributed by atoms with Gasteiger partial charge in [-0.2, -0.15) is 0 Å². The number of hydrogen-bond acceptors (Lipinski definition) is 1. The number of rotatable bonds is 8. The zero-order chi connectivity index (χ0) is 23.2. The number of benzene rings is 4. The van der Waals surface area contributed by atoms with Crippen molar-refractivity contribution in [1.82, 2.24) is 0 Å². The minimum absolute atomic E-state index is 0.361. The lowest BCUT2D eigenvalue weighted by Crippen LogP contribution is -2.06. The van der Waals surface area contributed by atoms with Crippen LogP contribution < -0.4 is 0 Å². The first kappa shape index (κ1) is 24.3. The monoisotopic (exact) mass is 578 g/mol. The van der Waals surface area contributed by atoms with Crippen LogP contribution in [0.3, 0.4) is 0 Å². The van der Waals surface area contributed by atoms with Crippen molar-refractivity contribution in [2.75, 3.05) is 0 Å². The van der Waals surface area contributed by atoms with Gasteiger partial charge in [0, 0.05) is 19.4 Å². The van der Waals surface area contributed by atoms with Crippen LogP contribution in [-0.2, 0) is 12.8 Å². The zero-order valence-electron chi connectivity index (χ0n) is 19.0. The Labute approximate surface area is 219 Å². The summed E-state index contributed by atoms with van der Waals surface area (Å²) in [6.07, 6.45) is 2.01. The highest BCUT2D eigenvalue weighted by Crippen LogP contribution is 2.44. The Morgan fingerprint density at radius 3 is 1.18 bits per heavy atom. The molecule has 0 nitrogen and oxygen atoms in total. The van der Waals surface area contributed by atoms with E-state index < -0.39 is 0 Å². The first-order valence-corrected chi connectivity index (χ1v) is 13.8. The molecule has 0 aliphatic rings. The van der Waals surface area contributed by atoms with Crippen LogP contribution in [0.25, 0.3) is 0 Å². The molecule has 0 fully saturated rings. The van der Waals surface area contributed by atoms with Gasteiger partial charge in [0.25, 0.3) is 0 Å². The third-order valence-electron chi connectivity index (χ3n) is 5.90. The van der Waals surface area contributed by atoms with Crippen molar-refractivity contribution in [3.63, 3.8) is 0 Å². The summed E-state index contributed by atoms with van der Waals surface area (Å²) in [7, 11) is 0. The number of thioether (sulfide) groups is 1. The predicted octanol–water partition coefficient (Wildman–Crippen LogP) is 9.83. The molecule has 0 aromatic heterocycles. The zero-order valence-corrected chi connectivity index (χ0v) is 23.0. The molecular formula is C30H28Br2S. The molecule has 168 valence electrons. The van der Waals surface area contributed by atoms with Crippen LogP contribution in [0.4, 0.5) is 0 Å². The standard InChI is InChI=1S/C30H28Br2S/c1-21-3-7-23(8-4-21)19-29(25-11-15-27(31)16-12-25)33-30(26-13-17-28(32)18-14-26)20-24-9-5-22(2)6-10-24/h3-18,29-30H,19-20H2,1-2H3. The van der Waals surface area contributed by atoms with Crippen molar-refractivity contribution in [2.45, 2.75) is 37.2 Å². The lowest BCUT2D eigenvalue weighted by Gasteiger charge is -2.25. The van der Waals surface area contributed by atoms with Gasteiger partial charge in [-0.15, -0.1) is 11.8 Å². The molecule has 0 saturated carbocycles. The molecule has 0 bridgehead atoms. The summed E-state index contributed by atoms with van der Waals surface area (Å²) < 4.78 is 2.24. The van der Waals surface area contributed by atoms with Crippen LogP contribution >= 0.6 is 43.6 Å². The lowest BCUT2D eigenvalue weighted by molar-refractivity contribution is 0.881. The van der Waals surface area contributed by atoms with Gasteiger partial charge in [-0.3, -0.25) is 0 Å². The summed E-state index contributed by atoms with van der Waals surface area (Å²) in [6.45, 7) is 4.30. The minimum atomic E-state index is 0.361. The maximum Gasteiger partial charge on any atom is 0.0343 e. The van der Waals surface area contributed by atoms with E-state index in [9.17, 15) is 0 Å². The Morgan fingerprint density at radius 2 is 0.848 bits per heavy atom. The normalized spacial score (nSPS) is 13.0. The minimum Gasteiger partial charge on any atom is -0.145 e. The van der Waals surface area contributed by atoms with Gasteiger partial charge >= 0.3 is 0 Å². The number of halogens is 2. The van der Waals surface area contributed by atoms with Crippen LogP contribution in [0.1, 0.15) is 43.9 Å². The number of hydrogen-bond donors (Lipinski definition) is 0. The molecule has 0 N–H and O–H groups in total. The molecule has 4 aromatic carbocycles. The predicted molar refractivity (Wildman–Crippen MR) is 151 cm³/mol. The molecule has 0 heterocycles. The van der Waals surface area contributed by atoms with Gasteiger partial charge in [-0.05, 0) is 73.2 Å². The van der Waals surface area contributed by atoms with Crippen LogP contribution in [0.2, 0.25) is 0 Å². The SMILES string of the molecule is Cc1ccc(CC(SC(Cc2ccc(C)cc2)c2ccc(Br)cc2)c2ccc(Br)cc2)cc1. The second-order valence-corrected chi connectivity index (χ2v) is 11.8. The smallest absolute Gasteiger partial charge is 0.0343 e. The van der Waals surface area contributed by atoms with Crippen LogP contribution in [0.15, 0.2) is 106 Å². The fourth-order valence-electron chi connectivity index (χ4n) is 3.92. The summed E-state index contributed by atoms with van der Waals surface area (Å²) in [5, 5.41) is 0.722. The summed E-state index contributed by atoms with van der Waals surface area (Å²) >= 11 is 9.28. The van der Waals surface area contributed by atoms with Crippen molar-refractivity contribution in [3.05, 3.63) is 139 Å². The Morgan fingerprint density at radius 1 is 0.515 bits per heavy atom. The first-order valence-electron chi connectivity index (χ1n) is 11.2. The third kappa shape index (κ3) is 7.09. The summed E-state index contributed by atoms with van der Waals surface area (Å²) in [5.74, 6) is 0. The van der Waals surface area contributed by atoms with Crippen LogP contribution in [0.5, 0.6) is 0 Å². The van der Waals surface area contributed by atoms with Crippen molar-refractivity contribution >= 4 is 43.6 Å². The van der Waals surface area contributed by atoms with E-state index in [2.05, 4.69) is 155 Å². The van der Waals surface area contributed by atoms with Crippen molar-refractivity contribution in [2.24, 2.45) is 0 Å². The van der Waals surface area contributed by atoms with Gasteiger partial charge in [0.05, 0.1) is 0 Å². The molecule has 2 atom stereocenters. The van der Waals surface area contributed by atoms with Gasteiger partial charge in [0.15, 0.2) is 0 Å². The molecule has 3 heteroatoms. The highest BCUT2D eigenvalue weighted by Gasteiger charge is 2.22. The molecule has 0 radical (unpaired) electrons. The highest BCUT2D eigenvalue weighted by molar-refractivity contribution is 9.10. The highest BCUT2D eigenvalue weighted by atomic mass is 79.9. The molecule has 0 amide bonds. The Bertz CT molecular complexity index is 1050. The van der Waals surface area contributed by atoms with Crippen molar-refractivity contribution < 1.29 is 0 Å². The second kappa shape index (κ2) is 11.6. The van der Waals surface area contributed by atoms with E-state index >= 15 is 0 Å². The first-order chi connectivity index (χ1) is 16.0. The molecule has 4 aromatic rings. The summed E-state index contributed by atoms with van der Waals surface area (Å²) in [4.78, 5) is 0. The van der Waals surface area contributed by atoms with E-state index in [4.69, 9.17) is 0 Å². The van der Waals surface area contributed by atoms with E-state index in [1.807, 2.05) is 0 Å². The fraction of sp³-hybridized carbons (Fsp3) is 0.200. The maximum absolute atomic E-state index is 3.60. The van der Waals surface area contributed by atoms with E-state index in [1.165, 1.54) is 33.4 Å². The Balaban J connectivity index is 1.66. The van der Waals surface area contributed by atoms with Gasteiger partial charge in [0.1, 0.15) is 0 Å². The van der Waals surface area contributed by atoms with E-state index in [1.54, 1.807) is 0 Å². The quantitative estimate of drug-likeness (QED) is 0.200. The Kier molecular flexibility index (Phi) is 8.51. The average Bonchev–Trinajstić information content (AvgIpc) is 2.82. The lowest BCUT2D eigenvalue weighted by atomic mass is 10.0. The molecule has 0 aliphatic carbocycles. The second-order valence-electron chi connectivity index (χ2n) is 8.60. The van der Waals surface area contributed by atoms with Crippen LogP contribution in [0, 0.1) is 13.8 Å². The summed E-state index contributed by atoms with van der Waals surface area (Å²) in [5.41, 5.74) is 8.11. The number of aryl methyl sites for hydroxylation is 2. The molecular weight excluding hydrogens is 552 g/mol. The molecule has 0 spiro atoms. The van der Waals surface area contributed by atoms with Crippen molar-refractivity contribution in [1.29, 1.82) is 0 Å². The molecule has 0 aliphatic heterocycles. The molecule has 0 saturated heterocycles. The fourth-order valence-corrected chi connectivity index (χ4v) is 6.05. The maximum atomic E-state index is 3.60. The van der Waals surface area contributed by atoms with E-state index in [0.29, 0.717) is 10.5 Å². The van der Waals surface area contributed by atoms with Gasteiger partial charge in [-0.1, -0.05) is 116 Å².